The number of ether oxygens (including phenoxy) is 3. The Bertz CT molecular complexity index is 624. The van der Waals surface area contributed by atoms with Crippen LogP contribution in [0.1, 0.15) is 5.56 Å². The highest BCUT2D eigenvalue weighted by Gasteiger charge is 2.45. The monoisotopic (exact) mass is 385 g/mol. The quantitative estimate of drug-likeness (QED) is 0.360. The van der Waals surface area contributed by atoms with Crippen molar-refractivity contribution in [1.82, 2.24) is 5.32 Å². The van der Waals surface area contributed by atoms with Crippen LogP contribution in [0, 0.1) is 0 Å². The molecule has 10 nitrogen and oxygen atoms in total. The Kier molecular flexibility index (Phi) is 7.51. The molecule has 5 N–H and O–H groups in total. The summed E-state index contributed by atoms with van der Waals surface area (Å²) in [7, 11) is 1.17. The standard InChI is InChI=1S/C17H23NO9/c1-25-15(23)10(7-9-5-3-2-4-6-9)18-17(24)27-16-14(22)13(21)12(20)11(8-19)26-16/h2-6,10-14,16,19-22H,7-8H2,1H3,(H,18,24)/t10-,11+,12+,13-,14-,16+/m0/s1. The number of hydrogen-bond donors (Lipinski definition) is 5. The molecular formula is C17H23NO9. The molecule has 0 bridgehead atoms. The lowest BCUT2D eigenvalue weighted by molar-refractivity contribution is -0.285. The fraction of sp³-hybridized carbons (Fsp3) is 0.529. The van der Waals surface area contributed by atoms with Gasteiger partial charge in [-0.25, -0.2) is 9.59 Å². The maximum Gasteiger partial charge on any atom is 0.410 e. The Morgan fingerprint density at radius 2 is 1.81 bits per heavy atom. The zero-order chi connectivity index (χ0) is 20.0. The third-order valence-corrected chi connectivity index (χ3v) is 4.13. The Morgan fingerprint density at radius 3 is 2.41 bits per heavy atom. The smallest absolute Gasteiger partial charge is 0.410 e. The molecule has 0 aliphatic carbocycles. The first-order chi connectivity index (χ1) is 12.9. The summed E-state index contributed by atoms with van der Waals surface area (Å²) in [4.78, 5) is 24.0. The number of amides is 1. The molecule has 0 aromatic heterocycles. The first kappa shape index (κ1) is 21.1. The Labute approximate surface area is 155 Å². The fourth-order valence-corrected chi connectivity index (χ4v) is 2.63. The van der Waals surface area contributed by atoms with E-state index in [-0.39, 0.29) is 6.42 Å². The van der Waals surface area contributed by atoms with Gasteiger partial charge in [-0.15, -0.1) is 0 Å². The number of nitrogens with one attached hydrogen (secondary N) is 1. The van der Waals surface area contributed by atoms with Gasteiger partial charge < -0.3 is 40.0 Å². The normalized spacial score (nSPS) is 28.9. The summed E-state index contributed by atoms with van der Waals surface area (Å²) < 4.78 is 14.6. The summed E-state index contributed by atoms with van der Waals surface area (Å²) in [6, 6.07) is 7.82. The molecule has 0 unspecified atom stereocenters. The molecule has 10 heteroatoms. The van der Waals surface area contributed by atoms with Crippen LogP contribution in [-0.2, 0) is 25.4 Å². The lowest BCUT2D eigenvalue weighted by Crippen LogP contribution is -2.60. The van der Waals surface area contributed by atoms with Crippen molar-refractivity contribution >= 4 is 12.1 Å². The molecule has 1 aliphatic rings. The van der Waals surface area contributed by atoms with E-state index >= 15 is 0 Å². The summed E-state index contributed by atoms with van der Waals surface area (Å²) in [5.74, 6) is -0.704. The number of hydrogen-bond acceptors (Lipinski definition) is 9. The van der Waals surface area contributed by atoms with E-state index in [4.69, 9.17) is 14.6 Å². The SMILES string of the molecule is COC(=O)[C@H](Cc1ccccc1)NC(=O)O[C@H]1O[C@H](CO)[C@@H](O)[C@H](O)[C@@H]1O. The number of esters is 1. The summed E-state index contributed by atoms with van der Waals surface area (Å²) in [5, 5.41) is 40.7. The molecule has 6 atom stereocenters. The molecule has 1 aromatic rings. The molecule has 0 spiro atoms. The van der Waals surface area contributed by atoms with Crippen molar-refractivity contribution < 1.29 is 44.2 Å². The predicted octanol–water partition coefficient (Wildman–Crippen LogP) is -1.70. The van der Waals surface area contributed by atoms with Crippen LogP contribution in [0.4, 0.5) is 4.79 Å². The fourth-order valence-electron chi connectivity index (χ4n) is 2.63. The zero-order valence-corrected chi connectivity index (χ0v) is 14.6. The van der Waals surface area contributed by atoms with Crippen molar-refractivity contribution in [2.24, 2.45) is 0 Å². The van der Waals surface area contributed by atoms with Gasteiger partial charge in [-0.2, -0.15) is 0 Å². The number of benzene rings is 1. The van der Waals surface area contributed by atoms with Crippen molar-refractivity contribution in [3.8, 4) is 0 Å². The van der Waals surface area contributed by atoms with Crippen LogP contribution >= 0.6 is 0 Å². The number of rotatable bonds is 6. The summed E-state index contributed by atoms with van der Waals surface area (Å²) in [6.45, 7) is -0.661. The third-order valence-electron chi connectivity index (χ3n) is 4.13. The molecule has 1 fully saturated rings. The minimum Gasteiger partial charge on any atom is -0.467 e. The molecular weight excluding hydrogens is 362 g/mol. The number of aliphatic hydroxyl groups excluding tert-OH is 4. The van der Waals surface area contributed by atoms with Crippen molar-refractivity contribution in [3.63, 3.8) is 0 Å². The summed E-state index contributed by atoms with van der Waals surface area (Å²) in [5.41, 5.74) is 0.765. The first-order valence-corrected chi connectivity index (χ1v) is 8.26. The van der Waals surface area contributed by atoms with Crippen LogP contribution in [-0.4, -0.2) is 83.0 Å². The molecule has 2 rings (SSSR count). The van der Waals surface area contributed by atoms with Crippen molar-refractivity contribution in [3.05, 3.63) is 35.9 Å². The van der Waals surface area contributed by atoms with Crippen molar-refractivity contribution in [2.75, 3.05) is 13.7 Å². The van der Waals surface area contributed by atoms with Crippen LogP contribution in [0.3, 0.4) is 0 Å². The van der Waals surface area contributed by atoms with Gasteiger partial charge in [-0.1, -0.05) is 30.3 Å². The number of alkyl carbamates (subject to hydrolysis) is 1. The number of aliphatic hydroxyl groups is 4. The molecule has 27 heavy (non-hydrogen) atoms. The van der Waals surface area contributed by atoms with E-state index in [0.717, 1.165) is 5.56 Å². The molecule has 1 aromatic carbocycles. The maximum atomic E-state index is 12.1. The summed E-state index contributed by atoms with van der Waals surface area (Å²) >= 11 is 0. The predicted molar refractivity (Wildman–Crippen MR) is 89.3 cm³/mol. The van der Waals surface area contributed by atoms with E-state index in [2.05, 4.69) is 10.1 Å². The lowest BCUT2D eigenvalue weighted by Gasteiger charge is -2.39. The third kappa shape index (κ3) is 5.37. The minimum absolute atomic E-state index is 0.136. The molecule has 1 aliphatic heterocycles. The Hall–Kier alpha value is -2.24. The lowest BCUT2D eigenvalue weighted by atomic mass is 9.99. The molecule has 1 amide bonds. The van der Waals surface area contributed by atoms with Gasteiger partial charge in [0.2, 0.25) is 6.29 Å². The van der Waals surface area contributed by atoms with Gasteiger partial charge in [0.25, 0.3) is 0 Å². The number of carbonyl (C=O) groups excluding carboxylic acids is 2. The van der Waals surface area contributed by atoms with E-state index in [9.17, 15) is 24.9 Å². The van der Waals surface area contributed by atoms with Gasteiger partial charge in [0.1, 0.15) is 30.5 Å². The Morgan fingerprint density at radius 1 is 1.15 bits per heavy atom. The minimum atomic E-state index is -1.74. The average Bonchev–Trinajstić information content (AvgIpc) is 2.68. The van der Waals surface area contributed by atoms with Gasteiger partial charge in [-0.3, -0.25) is 0 Å². The Balaban J connectivity index is 2.01. The second kappa shape index (κ2) is 9.62. The highest BCUT2D eigenvalue weighted by Crippen LogP contribution is 2.22. The van der Waals surface area contributed by atoms with Gasteiger partial charge in [0, 0.05) is 6.42 Å². The van der Waals surface area contributed by atoms with Gasteiger partial charge in [0.05, 0.1) is 13.7 Å². The molecule has 0 radical (unpaired) electrons. The van der Waals surface area contributed by atoms with Crippen LogP contribution in [0.25, 0.3) is 0 Å². The molecule has 150 valence electrons. The van der Waals surface area contributed by atoms with E-state index in [0.29, 0.717) is 0 Å². The second-order valence-electron chi connectivity index (χ2n) is 6.01. The topological polar surface area (TPSA) is 155 Å². The van der Waals surface area contributed by atoms with E-state index in [1.165, 1.54) is 7.11 Å². The van der Waals surface area contributed by atoms with Crippen molar-refractivity contribution in [2.45, 2.75) is 43.2 Å². The molecule has 0 saturated carbocycles. The average molecular weight is 385 g/mol. The summed E-state index contributed by atoms with van der Waals surface area (Å²) in [6.07, 6.45) is -8.83. The van der Waals surface area contributed by atoms with Crippen LogP contribution in [0.2, 0.25) is 0 Å². The second-order valence-corrected chi connectivity index (χ2v) is 6.01. The first-order valence-electron chi connectivity index (χ1n) is 8.26. The van der Waals surface area contributed by atoms with Crippen LogP contribution in [0.15, 0.2) is 30.3 Å². The zero-order valence-electron chi connectivity index (χ0n) is 14.6. The van der Waals surface area contributed by atoms with Gasteiger partial charge in [-0.05, 0) is 5.56 Å². The molecule has 1 heterocycles. The number of methoxy groups -OCH3 is 1. The highest BCUT2D eigenvalue weighted by atomic mass is 16.7. The van der Waals surface area contributed by atoms with Crippen LogP contribution in [0.5, 0.6) is 0 Å². The van der Waals surface area contributed by atoms with E-state index in [1.807, 2.05) is 0 Å². The largest absolute Gasteiger partial charge is 0.467 e. The van der Waals surface area contributed by atoms with Gasteiger partial charge in [0.15, 0.2) is 0 Å². The van der Waals surface area contributed by atoms with E-state index in [1.54, 1.807) is 30.3 Å². The molecule has 1 saturated heterocycles. The number of carbonyl (C=O) groups is 2. The van der Waals surface area contributed by atoms with Crippen molar-refractivity contribution in [1.29, 1.82) is 0 Å². The maximum absolute atomic E-state index is 12.1. The highest BCUT2D eigenvalue weighted by molar-refractivity contribution is 5.81. The van der Waals surface area contributed by atoms with Gasteiger partial charge >= 0.3 is 12.1 Å². The van der Waals surface area contributed by atoms with E-state index < -0.39 is 55.4 Å². The van der Waals surface area contributed by atoms with Crippen LogP contribution < -0.4 is 5.32 Å².